The molecule has 7 heterocycles. The maximum absolute atomic E-state index is 14.3. The second kappa shape index (κ2) is 16.5. The Morgan fingerprint density at radius 2 is 1.74 bits per heavy atom. The van der Waals surface area contributed by atoms with Gasteiger partial charge < -0.3 is 28.9 Å². The first kappa shape index (κ1) is 38.1. The summed E-state index contributed by atoms with van der Waals surface area (Å²) in [6, 6.07) is 24.2. The maximum Gasteiger partial charge on any atom is 0.262 e. The van der Waals surface area contributed by atoms with E-state index in [0.717, 1.165) is 71.5 Å². The Morgan fingerprint density at radius 3 is 2.52 bits per heavy atom. The molecule has 300 valence electrons. The number of methoxy groups -OCH3 is 1. The molecule has 0 saturated carbocycles. The van der Waals surface area contributed by atoms with Crippen LogP contribution in [0.3, 0.4) is 0 Å². The van der Waals surface area contributed by atoms with Gasteiger partial charge in [0.25, 0.3) is 5.56 Å². The first-order valence-electron chi connectivity index (χ1n) is 20.1. The van der Waals surface area contributed by atoms with Crippen molar-refractivity contribution in [2.75, 3.05) is 64.5 Å². The van der Waals surface area contributed by atoms with Gasteiger partial charge in [-0.1, -0.05) is 36.4 Å². The van der Waals surface area contributed by atoms with Gasteiger partial charge in [-0.2, -0.15) is 0 Å². The summed E-state index contributed by atoms with van der Waals surface area (Å²) in [5.74, 6) is 0.580. The number of aliphatic hydroxyl groups is 1. The number of likely N-dealkylation sites (tertiary alicyclic amines) is 2. The largest absolute Gasteiger partial charge is 0.481 e. The van der Waals surface area contributed by atoms with Crippen LogP contribution < -0.4 is 15.2 Å². The van der Waals surface area contributed by atoms with Crippen LogP contribution in [0.5, 0.6) is 5.88 Å². The molecule has 0 aliphatic carbocycles. The molecule has 3 aliphatic heterocycles. The highest BCUT2D eigenvalue weighted by Crippen LogP contribution is 2.37. The lowest BCUT2D eigenvalue weighted by molar-refractivity contribution is -0.142. The molecule has 0 radical (unpaired) electrons. The predicted molar refractivity (Wildman–Crippen MR) is 224 cm³/mol. The van der Waals surface area contributed by atoms with Crippen LogP contribution in [0.15, 0.2) is 103 Å². The van der Waals surface area contributed by atoms with Gasteiger partial charge in [0.05, 0.1) is 37.9 Å². The topological polar surface area (TPSA) is 131 Å². The average Bonchev–Trinajstić information content (AvgIpc) is 3.93. The number of benzene rings is 2. The van der Waals surface area contributed by atoms with Crippen molar-refractivity contribution in [1.29, 1.82) is 0 Å². The molecule has 3 saturated heterocycles. The van der Waals surface area contributed by atoms with E-state index < -0.39 is 5.60 Å². The van der Waals surface area contributed by atoms with Crippen LogP contribution in [-0.2, 0) is 22.6 Å². The number of morpholine rings is 1. The monoisotopic (exact) mass is 800 g/mol. The van der Waals surface area contributed by atoms with Crippen molar-refractivity contribution in [3.8, 4) is 22.1 Å². The fourth-order valence-electron chi connectivity index (χ4n) is 8.75. The van der Waals surface area contributed by atoms with Crippen molar-refractivity contribution in [2.45, 2.75) is 43.9 Å². The van der Waals surface area contributed by atoms with E-state index in [-0.39, 0.29) is 29.8 Å². The van der Waals surface area contributed by atoms with E-state index in [1.165, 1.54) is 4.57 Å². The second-order valence-electron chi connectivity index (χ2n) is 15.6. The smallest absolute Gasteiger partial charge is 0.262 e. The molecule has 13 nitrogen and oxygen atoms in total. The Morgan fingerprint density at radius 1 is 0.931 bits per heavy atom. The normalized spacial score (nSPS) is 20.0. The summed E-state index contributed by atoms with van der Waals surface area (Å²) in [5.41, 5.74) is 3.40. The van der Waals surface area contributed by atoms with Crippen molar-refractivity contribution in [3.05, 3.63) is 119 Å². The maximum atomic E-state index is 14.3. The number of piperidine rings is 2. The highest BCUT2D eigenvalue weighted by Gasteiger charge is 2.41. The van der Waals surface area contributed by atoms with Crippen LogP contribution in [-0.4, -0.2) is 110 Å². The van der Waals surface area contributed by atoms with Crippen molar-refractivity contribution < 1.29 is 19.4 Å². The van der Waals surface area contributed by atoms with E-state index in [2.05, 4.69) is 44.0 Å². The number of fused-ring (bicyclic) bond motifs is 1. The third kappa shape index (κ3) is 7.89. The summed E-state index contributed by atoms with van der Waals surface area (Å²) in [6.45, 7) is 6.38. The second-order valence-corrected chi connectivity index (χ2v) is 16.8. The minimum atomic E-state index is -1.14. The zero-order valence-electron chi connectivity index (χ0n) is 32.7. The molecule has 3 aliphatic rings. The van der Waals surface area contributed by atoms with E-state index in [1.54, 1.807) is 37.0 Å². The van der Waals surface area contributed by atoms with E-state index in [9.17, 15) is 14.7 Å². The fraction of sp³-hybridized carbons (Fsp3) is 0.386. The van der Waals surface area contributed by atoms with E-state index in [1.807, 2.05) is 64.3 Å². The molecule has 0 bridgehead atoms. The number of carbonyl (C=O) groups is 1. The Bertz CT molecular complexity index is 2420. The Balaban J connectivity index is 0.847. The number of nitrogens with zero attached hydrogens (tertiary/aromatic N) is 8. The molecule has 4 aromatic heterocycles. The van der Waals surface area contributed by atoms with E-state index in [4.69, 9.17) is 14.5 Å². The zero-order chi connectivity index (χ0) is 39.6. The fourth-order valence-corrected chi connectivity index (χ4v) is 9.69. The molecule has 2 atom stereocenters. The first-order valence-corrected chi connectivity index (χ1v) is 20.9. The van der Waals surface area contributed by atoms with Crippen molar-refractivity contribution in [2.24, 2.45) is 5.92 Å². The Kier molecular flexibility index (Phi) is 10.8. The summed E-state index contributed by atoms with van der Waals surface area (Å²) in [4.78, 5) is 49.7. The molecule has 0 spiro atoms. The number of pyridine rings is 1. The summed E-state index contributed by atoms with van der Waals surface area (Å²) >= 11 is 1.66. The molecule has 3 fully saturated rings. The van der Waals surface area contributed by atoms with Crippen molar-refractivity contribution in [1.82, 2.24) is 33.9 Å². The van der Waals surface area contributed by atoms with Gasteiger partial charge in [-0.3, -0.25) is 19.1 Å². The van der Waals surface area contributed by atoms with Crippen LogP contribution in [0.4, 0.5) is 5.69 Å². The number of ether oxygens (including phenoxy) is 2. The molecule has 2 aromatic carbocycles. The lowest BCUT2D eigenvalue weighted by Crippen LogP contribution is -2.53. The van der Waals surface area contributed by atoms with Gasteiger partial charge in [0.15, 0.2) is 5.65 Å². The molecule has 1 N–H and O–H groups in total. The van der Waals surface area contributed by atoms with Crippen LogP contribution in [0.2, 0.25) is 0 Å². The van der Waals surface area contributed by atoms with Gasteiger partial charge in [-0.05, 0) is 61.7 Å². The number of aromatic nitrogens is 5. The number of carbonyl (C=O) groups excluding carboxylic acids is 1. The van der Waals surface area contributed by atoms with Crippen LogP contribution in [0.1, 0.15) is 35.6 Å². The average molecular weight is 801 g/mol. The molecule has 58 heavy (non-hydrogen) atoms. The number of amides is 1. The summed E-state index contributed by atoms with van der Waals surface area (Å²) in [5, 5.41) is 13.2. The number of thiazole rings is 1. The number of hydrogen-bond donors (Lipinski definition) is 1. The molecule has 1 amide bonds. The lowest BCUT2D eigenvalue weighted by Gasteiger charge is -2.43. The third-order valence-electron chi connectivity index (χ3n) is 12.0. The van der Waals surface area contributed by atoms with Crippen molar-refractivity contribution >= 4 is 34.0 Å². The molecule has 9 rings (SSSR count). The van der Waals surface area contributed by atoms with Crippen molar-refractivity contribution in [3.63, 3.8) is 0 Å². The quantitative estimate of drug-likeness (QED) is 0.197. The molecular weight excluding hydrogens is 753 g/mol. The predicted octanol–water partition coefficient (Wildman–Crippen LogP) is 5.21. The van der Waals surface area contributed by atoms with Gasteiger partial charge in [-0.25, -0.2) is 15.0 Å². The SMILES string of the molecule is COc1ccc(-c2ncc(CN3CC[C@@H](C(=O)N4CCC(O)(Cn5cnc6c(ccn6-c6cccc(N7CCOCC7)c6)c5=O)CC4)[C@H](c4ccccc4)C3)s2)cn1. The molecule has 0 unspecified atom stereocenters. The molecule has 14 heteroatoms. The van der Waals surface area contributed by atoms with Gasteiger partial charge in [0.2, 0.25) is 11.8 Å². The van der Waals surface area contributed by atoms with E-state index >= 15 is 0 Å². The lowest BCUT2D eigenvalue weighted by atomic mass is 9.79. The molecule has 6 aromatic rings. The van der Waals surface area contributed by atoms with Crippen LogP contribution in [0.25, 0.3) is 27.3 Å². The third-order valence-corrected chi connectivity index (χ3v) is 13.0. The van der Waals surface area contributed by atoms with Crippen LogP contribution in [0, 0.1) is 5.92 Å². The van der Waals surface area contributed by atoms with Gasteiger partial charge in [0, 0.05) is 97.6 Å². The highest BCUT2D eigenvalue weighted by atomic mass is 32.1. The number of rotatable bonds is 10. The van der Waals surface area contributed by atoms with Crippen LogP contribution >= 0.6 is 11.3 Å². The molecular formula is C44H48N8O5S. The summed E-state index contributed by atoms with van der Waals surface area (Å²) in [6.07, 6.45) is 8.66. The number of hydrogen-bond acceptors (Lipinski definition) is 11. The van der Waals surface area contributed by atoms with Gasteiger partial charge >= 0.3 is 0 Å². The Hall–Kier alpha value is -5.41. The first-order chi connectivity index (χ1) is 28.3. The summed E-state index contributed by atoms with van der Waals surface area (Å²) < 4.78 is 14.2. The minimum absolute atomic E-state index is 0.0342. The zero-order valence-corrected chi connectivity index (χ0v) is 33.5. The van der Waals surface area contributed by atoms with Gasteiger partial charge in [-0.15, -0.1) is 11.3 Å². The Labute approximate surface area is 341 Å². The van der Waals surface area contributed by atoms with E-state index in [0.29, 0.717) is 56.1 Å². The number of anilines is 1. The summed E-state index contributed by atoms with van der Waals surface area (Å²) in [7, 11) is 1.60. The minimum Gasteiger partial charge on any atom is -0.481 e. The van der Waals surface area contributed by atoms with Gasteiger partial charge in [0.1, 0.15) is 11.3 Å². The highest BCUT2D eigenvalue weighted by molar-refractivity contribution is 7.15. The standard InChI is InChI=1S/C44H48N8O5S/c1-56-39-11-10-32(25-45-39)41-46-26-35(58-41)27-48-16-12-36(38(28-48)31-6-3-2-4-7-31)42(53)50-18-14-44(55,15-19-50)29-51-30-47-40-37(43(51)54)13-17-52(40)34-9-5-8-33(24-34)49-20-22-57-23-21-49/h2-11,13,17,24-26,30,36,38,55H,12,14-16,18-23,27-29H2,1H3/t36-,38+/m1/s1.